The first-order chi connectivity index (χ1) is 24.2. The third kappa shape index (κ3) is 5.02. The molecule has 0 aliphatic rings. The molecule has 0 unspecified atom stereocenters. The smallest absolute Gasteiger partial charge is 0.154 e. The molecule has 9 aromatic rings. The van der Waals surface area contributed by atoms with E-state index >= 15 is 0 Å². The van der Waals surface area contributed by atoms with Gasteiger partial charge in [-0.25, -0.2) is 4.99 Å². The van der Waals surface area contributed by atoms with Crippen molar-refractivity contribution >= 4 is 56.3 Å². The minimum Gasteiger partial charge on any atom is -0.456 e. The van der Waals surface area contributed by atoms with Gasteiger partial charge in [0.05, 0.1) is 17.6 Å². The molecule has 0 amide bonds. The summed E-state index contributed by atoms with van der Waals surface area (Å²) in [5, 5.41) is 4.73. The van der Waals surface area contributed by atoms with Crippen LogP contribution < -0.4 is 0 Å². The molecule has 0 saturated heterocycles. The van der Waals surface area contributed by atoms with Gasteiger partial charge in [0.25, 0.3) is 0 Å². The maximum Gasteiger partial charge on any atom is 0.154 e. The molecule has 2 aromatic heterocycles. The van der Waals surface area contributed by atoms with E-state index in [0.717, 1.165) is 49.9 Å². The molecular formula is C45H31N3O. The summed E-state index contributed by atoms with van der Waals surface area (Å²) in [5.74, 6) is 0.643. The lowest BCUT2D eigenvalue weighted by Crippen LogP contribution is -1.98. The van der Waals surface area contributed by atoms with Gasteiger partial charge >= 0.3 is 0 Å². The fourth-order valence-corrected chi connectivity index (χ4v) is 7.06. The van der Waals surface area contributed by atoms with Crippen LogP contribution in [0.5, 0.6) is 0 Å². The van der Waals surface area contributed by atoms with Crippen molar-refractivity contribution in [2.75, 3.05) is 0 Å². The normalized spacial score (nSPS) is 12.0. The summed E-state index contributed by atoms with van der Waals surface area (Å²) in [6.45, 7) is 4.36. The molecule has 2 heterocycles. The molecule has 0 aliphatic carbocycles. The fraction of sp³-hybridized carbons (Fsp3) is 0.0222. The van der Waals surface area contributed by atoms with E-state index in [9.17, 15) is 0 Å². The van der Waals surface area contributed by atoms with Crippen molar-refractivity contribution in [2.24, 2.45) is 9.98 Å². The van der Waals surface area contributed by atoms with Gasteiger partial charge in [-0.2, -0.15) is 0 Å². The van der Waals surface area contributed by atoms with Crippen LogP contribution in [0.15, 0.2) is 178 Å². The van der Waals surface area contributed by atoms with Gasteiger partial charge in [0.2, 0.25) is 0 Å². The van der Waals surface area contributed by atoms with Crippen LogP contribution in [-0.4, -0.2) is 17.1 Å². The number of furan rings is 1. The Morgan fingerprint density at radius 2 is 1.27 bits per heavy atom. The monoisotopic (exact) mass is 629 g/mol. The number of hydrogen-bond acceptors (Lipinski definition) is 2. The first-order valence-electron chi connectivity index (χ1n) is 16.5. The second kappa shape index (κ2) is 11.9. The first-order valence-corrected chi connectivity index (χ1v) is 16.5. The Labute approximate surface area is 283 Å². The summed E-state index contributed by atoms with van der Waals surface area (Å²) < 4.78 is 8.57. The summed E-state index contributed by atoms with van der Waals surface area (Å²) in [6.07, 6.45) is 0. The number of benzene rings is 7. The molecule has 7 aromatic carbocycles. The fourth-order valence-electron chi connectivity index (χ4n) is 7.06. The van der Waals surface area contributed by atoms with E-state index in [1.165, 1.54) is 32.9 Å². The minimum atomic E-state index is 0.560. The Bertz CT molecular complexity index is 2700. The minimum absolute atomic E-state index is 0.560. The number of amidine groups is 1. The van der Waals surface area contributed by atoms with E-state index in [-0.39, 0.29) is 0 Å². The van der Waals surface area contributed by atoms with Gasteiger partial charge in [0.15, 0.2) is 5.84 Å². The molecule has 0 bridgehead atoms. The lowest BCUT2D eigenvalue weighted by atomic mass is 9.98. The Morgan fingerprint density at radius 1 is 0.551 bits per heavy atom. The third-order valence-corrected chi connectivity index (χ3v) is 9.37. The number of aliphatic imine (C=N–C) groups is 2. The van der Waals surface area contributed by atoms with Crippen molar-refractivity contribution in [1.29, 1.82) is 0 Å². The van der Waals surface area contributed by atoms with E-state index in [4.69, 9.17) is 9.41 Å². The number of nitrogens with zero attached hydrogens (tertiary/aromatic N) is 3. The quantitative estimate of drug-likeness (QED) is 0.133. The lowest BCUT2D eigenvalue weighted by Gasteiger charge is -2.11. The molecule has 4 nitrogen and oxygen atoms in total. The number of fused-ring (bicyclic) bond motifs is 6. The molecule has 0 atom stereocenters. The maximum absolute atomic E-state index is 6.21. The zero-order valence-electron chi connectivity index (χ0n) is 26.8. The highest BCUT2D eigenvalue weighted by Gasteiger charge is 2.16. The van der Waals surface area contributed by atoms with Gasteiger partial charge < -0.3 is 8.98 Å². The molecule has 0 radical (unpaired) electrons. The maximum atomic E-state index is 6.21. The summed E-state index contributed by atoms with van der Waals surface area (Å²) in [6, 6.07) is 57.4. The van der Waals surface area contributed by atoms with Crippen LogP contribution in [0.3, 0.4) is 0 Å². The van der Waals surface area contributed by atoms with E-state index in [1.54, 1.807) is 0 Å². The number of hydrogen-bond donors (Lipinski definition) is 0. The molecule has 0 saturated carbocycles. The Morgan fingerprint density at radius 3 is 2.12 bits per heavy atom. The van der Waals surface area contributed by atoms with Crippen LogP contribution in [0.4, 0.5) is 0 Å². The van der Waals surface area contributed by atoms with Gasteiger partial charge in [0.1, 0.15) is 11.2 Å². The molecule has 232 valence electrons. The summed E-state index contributed by atoms with van der Waals surface area (Å²) in [7, 11) is 0. The van der Waals surface area contributed by atoms with Crippen LogP contribution in [0, 0.1) is 0 Å². The van der Waals surface area contributed by atoms with Crippen molar-refractivity contribution in [3.63, 3.8) is 0 Å². The van der Waals surface area contributed by atoms with Crippen LogP contribution in [-0.2, 0) is 6.54 Å². The number of para-hydroxylation sites is 2. The van der Waals surface area contributed by atoms with E-state index in [2.05, 4.69) is 144 Å². The number of rotatable bonds is 6. The molecule has 0 spiro atoms. The SMILES string of the molecule is C=N/C(=N\Cc1ccccc1)c1cccc(-c2ccc(-n3c4ccccc4c4cc(-c5cccc6oc7ccccc7c56)ccc43)cc2)c1. The Kier molecular flexibility index (Phi) is 6.98. The lowest BCUT2D eigenvalue weighted by molar-refractivity contribution is 0.669. The molecule has 9 rings (SSSR count). The molecule has 49 heavy (non-hydrogen) atoms. The van der Waals surface area contributed by atoms with Crippen LogP contribution >= 0.6 is 0 Å². The van der Waals surface area contributed by atoms with Crippen molar-refractivity contribution in [2.45, 2.75) is 6.54 Å². The average molecular weight is 630 g/mol. The molecule has 0 N–H and O–H groups in total. The predicted molar refractivity (Wildman–Crippen MR) is 205 cm³/mol. The molecule has 4 heteroatoms. The molecule has 0 fully saturated rings. The average Bonchev–Trinajstić information content (AvgIpc) is 3.71. The molecule has 0 aliphatic heterocycles. The van der Waals surface area contributed by atoms with Gasteiger partial charge in [-0.15, -0.1) is 0 Å². The first kappa shape index (κ1) is 28.7. The van der Waals surface area contributed by atoms with Crippen LogP contribution in [0.1, 0.15) is 11.1 Å². The predicted octanol–water partition coefficient (Wildman–Crippen LogP) is 11.7. The third-order valence-electron chi connectivity index (χ3n) is 9.37. The van der Waals surface area contributed by atoms with Crippen molar-refractivity contribution < 1.29 is 4.42 Å². The largest absolute Gasteiger partial charge is 0.456 e. The van der Waals surface area contributed by atoms with Crippen molar-refractivity contribution in [3.8, 4) is 27.9 Å². The molecular weight excluding hydrogens is 599 g/mol. The Balaban J connectivity index is 1.10. The second-order valence-electron chi connectivity index (χ2n) is 12.3. The van der Waals surface area contributed by atoms with E-state index < -0.39 is 0 Å². The topological polar surface area (TPSA) is 42.8 Å². The zero-order chi connectivity index (χ0) is 32.7. The highest BCUT2D eigenvalue weighted by atomic mass is 16.3. The Hall–Kier alpha value is -6.52. The zero-order valence-corrected chi connectivity index (χ0v) is 26.8. The second-order valence-corrected chi connectivity index (χ2v) is 12.3. The highest BCUT2D eigenvalue weighted by molar-refractivity contribution is 6.15. The van der Waals surface area contributed by atoms with E-state index in [1.807, 2.05) is 36.4 Å². The summed E-state index contributed by atoms with van der Waals surface area (Å²) in [4.78, 5) is 9.01. The van der Waals surface area contributed by atoms with Gasteiger partial charge in [-0.1, -0.05) is 115 Å². The van der Waals surface area contributed by atoms with Gasteiger partial charge in [0, 0.05) is 32.8 Å². The highest BCUT2D eigenvalue weighted by Crippen LogP contribution is 2.40. The van der Waals surface area contributed by atoms with E-state index in [0.29, 0.717) is 12.4 Å². The van der Waals surface area contributed by atoms with Crippen molar-refractivity contribution in [1.82, 2.24) is 4.57 Å². The van der Waals surface area contributed by atoms with Gasteiger partial charge in [-0.3, -0.25) is 4.99 Å². The standard InChI is InChI=1S/C45H31N3O/c1-46-45(47-29-30-11-3-2-4-12-30)34-14-9-13-32(27-34)31-21-24-35(25-22-31)48-40-18-7-5-15-37(40)39-28-33(23-26-41(39)48)36-17-10-20-43-44(36)38-16-6-8-19-42(38)49-43/h2-28H,1,29H2/b47-45-. The summed E-state index contributed by atoms with van der Waals surface area (Å²) >= 11 is 0. The summed E-state index contributed by atoms with van der Waals surface area (Å²) in [5.41, 5.74) is 11.9. The van der Waals surface area contributed by atoms with Crippen LogP contribution in [0.2, 0.25) is 0 Å². The van der Waals surface area contributed by atoms with Crippen LogP contribution in [0.25, 0.3) is 71.7 Å². The van der Waals surface area contributed by atoms with Crippen molar-refractivity contribution in [3.05, 3.63) is 175 Å². The number of aromatic nitrogens is 1. The van der Waals surface area contributed by atoms with Gasteiger partial charge in [-0.05, 0) is 83.1 Å².